The quantitative estimate of drug-likeness (QED) is 0.165. The molecule has 270 valence electrons. The van der Waals surface area contributed by atoms with Crippen molar-refractivity contribution in [2.45, 2.75) is 0 Å². The Bertz CT molecular complexity index is 3420. The molecule has 0 atom stereocenters. The molecule has 0 bridgehead atoms. The molecule has 0 aliphatic carbocycles. The van der Waals surface area contributed by atoms with Crippen molar-refractivity contribution < 1.29 is 0 Å². The molecule has 58 heavy (non-hydrogen) atoms. The third-order valence-corrected chi connectivity index (χ3v) is 11.7. The first-order valence-electron chi connectivity index (χ1n) is 19.7. The number of para-hydroxylation sites is 2. The number of benzene rings is 8. The van der Waals surface area contributed by atoms with Crippen molar-refractivity contribution in [2.75, 3.05) is 0 Å². The molecule has 0 spiro atoms. The SMILES string of the molecule is c1ccc(-c2ccc(-c3cc(-n4c5ccccc5c5cc6c(cc54)cc4c5ccccc5c5ccccc5n64)nc(-c4ccc(-c5ccccc5)cc4)n3)cc2)cc1. The molecule has 0 aliphatic heterocycles. The van der Waals surface area contributed by atoms with Gasteiger partial charge in [-0.3, -0.25) is 4.57 Å². The van der Waals surface area contributed by atoms with Gasteiger partial charge in [-0.15, -0.1) is 0 Å². The van der Waals surface area contributed by atoms with Gasteiger partial charge in [-0.05, 0) is 58.0 Å². The first kappa shape index (κ1) is 32.4. The molecule has 0 saturated heterocycles. The highest BCUT2D eigenvalue weighted by molar-refractivity contribution is 6.19. The number of aromatic nitrogens is 4. The minimum absolute atomic E-state index is 0.679. The van der Waals surface area contributed by atoms with Gasteiger partial charge in [-0.25, -0.2) is 9.97 Å². The van der Waals surface area contributed by atoms with E-state index in [1.165, 1.54) is 65.6 Å². The lowest BCUT2D eigenvalue weighted by Gasteiger charge is -2.13. The molecular formula is C54H34N4. The fraction of sp³-hybridized carbons (Fsp3) is 0. The summed E-state index contributed by atoms with van der Waals surface area (Å²) in [5, 5.41) is 7.31. The van der Waals surface area contributed by atoms with Crippen LogP contribution in [0.3, 0.4) is 0 Å². The van der Waals surface area contributed by atoms with E-state index in [0.29, 0.717) is 5.82 Å². The molecule has 0 radical (unpaired) electrons. The molecular weight excluding hydrogens is 705 g/mol. The monoisotopic (exact) mass is 738 g/mol. The lowest BCUT2D eigenvalue weighted by atomic mass is 10.0. The van der Waals surface area contributed by atoms with Crippen molar-refractivity contribution in [3.05, 3.63) is 206 Å². The zero-order chi connectivity index (χ0) is 38.2. The summed E-state index contributed by atoms with van der Waals surface area (Å²) in [7, 11) is 0. The molecule has 0 unspecified atom stereocenters. The highest BCUT2D eigenvalue weighted by atomic mass is 15.1. The molecule has 0 fully saturated rings. The van der Waals surface area contributed by atoms with Crippen LogP contribution < -0.4 is 0 Å². The summed E-state index contributed by atoms with van der Waals surface area (Å²) in [6.45, 7) is 0. The van der Waals surface area contributed by atoms with Crippen LogP contribution in [-0.2, 0) is 0 Å². The maximum atomic E-state index is 5.39. The molecule has 0 saturated carbocycles. The van der Waals surface area contributed by atoms with Crippen LogP contribution in [0, 0.1) is 0 Å². The van der Waals surface area contributed by atoms with E-state index in [1.54, 1.807) is 0 Å². The van der Waals surface area contributed by atoms with E-state index in [9.17, 15) is 0 Å². The van der Waals surface area contributed by atoms with E-state index in [0.717, 1.165) is 39.2 Å². The van der Waals surface area contributed by atoms with Gasteiger partial charge >= 0.3 is 0 Å². The average Bonchev–Trinajstić information content (AvgIpc) is 3.84. The fourth-order valence-corrected chi connectivity index (χ4v) is 8.95. The van der Waals surface area contributed by atoms with Gasteiger partial charge in [0, 0.05) is 44.1 Å². The van der Waals surface area contributed by atoms with E-state index in [2.05, 4.69) is 209 Å². The summed E-state index contributed by atoms with van der Waals surface area (Å²) < 4.78 is 4.77. The van der Waals surface area contributed by atoms with E-state index in [4.69, 9.17) is 9.97 Å². The molecule has 4 heteroatoms. The average molecular weight is 739 g/mol. The Labute approximate surface area is 334 Å². The Hall–Kier alpha value is -7.82. The maximum Gasteiger partial charge on any atom is 0.162 e. The molecule has 8 aromatic carbocycles. The minimum atomic E-state index is 0.679. The van der Waals surface area contributed by atoms with Crippen LogP contribution in [0.2, 0.25) is 0 Å². The predicted octanol–water partition coefficient (Wildman–Crippen LogP) is 14.0. The van der Waals surface area contributed by atoms with Crippen molar-refractivity contribution in [1.29, 1.82) is 0 Å². The zero-order valence-corrected chi connectivity index (χ0v) is 31.4. The Balaban J connectivity index is 1.10. The first-order chi connectivity index (χ1) is 28.7. The minimum Gasteiger partial charge on any atom is -0.309 e. The van der Waals surface area contributed by atoms with Crippen LogP contribution in [0.1, 0.15) is 0 Å². The summed E-state index contributed by atoms with van der Waals surface area (Å²) in [6, 6.07) is 73.7. The number of fused-ring (bicyclic) bond motifs is 11. The molecule has 0 aliphatic rings. The smallest absolute Gasteiger partial charge is 0.162 e. The van der Waals surface area contributed by atoms with Crippen LogP contribution in [0.4, 0.5) is 0 Å². The summed E-state index contributed by atoms with van der Waals surface area (Å²) in [5.41, 5.74) is 13.4. The normalized spacial score (nSPS) is 11.8. The van der Waals surface area contributed by atoms with Gasteiger partial charge in [0.15, 0.2) is 5.82 Å². The van der Waals surface area contributed by atoms with Gasteiger partial charge < -0.3 is 4.40 Å². The van der Waals surface area contributed by atoms with Crippen molar-refractivity contribution in [1.82, 2.24) is 18.9 Å². The largest absolute Gasteiger partial charge is 0.309 e. The fourth-order valence-electron chi connectivity index (χ4n) is 8.95. The van der Waals surface area contributed by atoms with Gasteiger partial charge in [0.25, 0.3) is 0 Å². The molecule has 0 amide bonds. The topological polar surface area (TPSA) is 35.1 Å². The van der Waals surface area contributed by atoms with Crippen LogP contribution in [-0.4, -0.2) is 18.9 Å². The highest BCUT2D eigenvalue weighted by Crippen LogP contribution is 2.40. The number of pyridine rings is 1. The van der Waals surface area contributed by atoms with Gasteiger partial charge in [0.05, 0.1) is 33.3 Å². The van der Waals surface area contributed by atoms with E-state index in [-0.39, 0.29) is 0 Å². The first-order valence-corrected chi connectivity index (χ1v) is 19.7. The summed E-state index contributed by atoms with van der Waals surface area (Å²) >= 11 is 0. The van der Waals surface area contributed by atoms with Gasteiger partial charge in [0.1, 0.15) is 5.82 Å². The second-order valence-corrected chi connectivity index (χ2v) is 15.0. The number of rotatable bonds is 5. The number of hydrogen-bond acceptors (Lipinski definition) is 2. The highest BCUT2D eigenvalue weighted by Gasteiger charge is 2.20. The van der Waals surface area contributed by atoms with Crippen molar-refractivity contribution >= 4 is 59.9 Å². The van der Waals surface area contributed by atoms with Crippen LogP contribution in [0.25, 0.3) is 111 Å². The van der Waals surface area contributed by atoms with Gasteiger partial charge in [0.2, 0.25) is 0 Å². The predicted molar refractivity (Wildman–Crippen MR) is 242 cm³/mol. The van der Waals surface area contributed by atoms with E-state index < -0.39 is 0 Å². The van der Waals surface area contributed by atoms with Crippen LogP contribution in [0.15, 0.2) is 206 Å². The molecule has 4 heterocycles. The Morgan fingerprint density at radius 3 is 1.43 bits per heavy atom. The van der Waals surface area contributed by atoms with E-state index >= 15 is 0 Å². The van der Waals surface area contributed by atoms with Crippen molar-refractivity contribution in [2.24, 2.45) is 0 Å². The lowest BCUT2D eigenvalue weighted by Crippen LogP contribution is -2.02. The van der Waals surface area contributed by atoms with Crippen LogP contribution >= 0.6 is 0 Å². The summed E-state index contributed by atoms with van der Waals surface area (Å²) in [6.07, 6.45) is 0. The standard InChI is InChI=1S/C54H34N4/c1-3-13-35(14-4-1)37-23-27-39(28-24-37)47-34-53(56-54(55-47)40-29-25-38(26-30-40)36-15-5-2-6-16-36)58-49-22-12-10-20-45(49)46-33-50-41(32-52(46)58)31-51-44-19-8-7-17-42(44)43-18-9-11-21-48(43)57(50)51/h1-34H. The maximum absolute atomic E-state index is 5.39. The Kier molecular flexibility index (Phi) is 7.20. The van der Waals surface area contributed by atoms with Gasteiger partial charge in [-0.2, -0.15) is 0 Å². The molecule has 12 rings (SSSR count). The Morgan fingerprint density at radius 2 is 0.776 bits per heavy atom. The third kappa shape index (κ3) is 5.09. The zero-order valence-electron chi connectivity index (χ0n) is 31.4. The molecule has 12 aromatic rings. The lowest BCUT2D eigenvalue weighted by molar-refractivity contribution is 1.05. The molecule has 0 N–H and O–H groups in total. The molecule has 4 nitrogen and oxygen atoms in total. The van der Waals surface area contributed by atoms with Crippen molar-refractivity contribution in [3.63, 3.8) is 0 Å². The van der Waals surface area contributed by atoms with Gasteiger partial charge in [-0.1, -0.05) is 170 Å². The Morgan fingerprint density at radius 1 is 0.293 bits per heavy atom. The van der Waals surface area contributed by atoms with Crippen molar-refractivity contribution in [3.8, 4) is 50.7 Å². The number of nitrogens with zero attached hydrogens (tertiary/aromatic N) is 4. The molecule has 4 aromatic heterocycles. The van der Waals surface area contributed by atoms with Crippen LogP contribution in [0.5, 0.6) is 0 Å². The van der Waals surface area contributed by atoms with E-state index in [1.807, 2.05) is 6.07 Å². The second kappa shape index (κ2) is 12.9. The summed E-state index contributed by atoms with van der Waals surface area (Å²) in [5.74, 6) is 1.50. The number of hydrogen-bond donors (Lipinski definition) is 0. The summed E-state index contributed by atoms with van der Waals surface area (Å²) in [4.78, 5) is 10.6. The second-order valence-electron chi connectivity index (χ2n) is 15.0. The third-order valence-electron chi connectivity index (χ3n) is 11.7.